The third-order valence-electron chi connectivity index (χ3n) is 4.92. The predicted octanol–water partition coefficient (Wildman–Crippen LogP) is 3.42. The Labute approximate surface area is 161 Å². The number of benzene rings is 2. The molecule has 2 heterocycles. The minimum Gasteiger partial charge on any atom is -0.423 e. The molecule has 6 heteroatoms. The molecule has 28 heavy (non-hydrogen) atoms. The van der Waals surface area contributed by atoms with E-state index >= 15 is 0 Å². The molecule has 6 nitrogen and oxygen atoms in total. The number of rotatable bonds is 4. The average Bonchev–Trinajstić information content (AvgIpc) is 3.10. The second kappa shape index (κ2) is 6.88. The molecule has 2 aromatic heterocycles. The zero-order valence-electron chi connectivity index (χ0n) is 16.0. The zero-order valence-corrected chi connectivity index (χ0v) is 16.0. The van der Waals surface area contributed by atoms with Crippen molar-refractivity contribution in [1.82, 2.24) is 9.13 Å². The molecule has 0 aliphatic carbocycles. The molecule has 0 spiro atoms. The van der Waals surface area contributed by atoms with Gasteiger partial charge in [0, 0.05) is 20.6 Å². The maximum Gasteiger partial charge on any atom is 0.333 e. The van der Waals surface area contributed by atoms with Crippen LogP contribution < -0.4 is 16.6 Å². The summed E-state index contributed by atoms with van der Waals surface area (Å²) >= 11 is 0. The fraction of sp³-hybridized carbons (Fsp3) is 0.182. The van der Waals surface area contributed by atoms with Crippen LogP contribution in [0.25, 0.3) is 22.2 Å². The molecule has 0 fully saturated rings. The molecule has 4 aromatic rings. The van der Waals surface area contributed by atoms with Gasteiger partial charge in [0.25, 0.3) is 5.56 Å². The quantitative estimate of drug-likeness (QED) is 0.593. The van der Waals surface area contributed by atoms with Gasteiger partial charge >= 0.3 is 5.69 Å². The fourth-order valence-corrected chi connectivity index (χ4v) is 3.32. The Balaban J connectivity index is 1.95. The Kier molecular flexibility index (Phi) is 4.39. The molecule has 142 valence electrons. The van der Waals surface area contributed by atoms with Gasteiger partial charge < -0.3 is 9.73 Å². The first-order valence-corrected chi connectivity index (χ1v) is 9.04. The largest absolute Gasteiger partial charge is 0.423 e. The van der Waals surface area contributed by atoms with Crippen LogP contribution in [0.3, 0.4) is 0 Å². The third-order valence-corrected chi connectivity index (χ3v) is 4.92. The minimum absolute atomic E-state index is 0.263. The van der Waals surface area contributed by atoms with Crippen LogP contribution in [-0.2, 0) is 20.6 Å². The molecule has 0 saturated heterocycles. The molecule has 0 radical (unpaired) electrons. The van der Waals surface area contributed by atoms with Gasteiger partial charge in [0.2, 0.25) is 11.6 Å². The molecule has 4 rings (SSSR count). The summed E-state index contributed by atoms with van der Waals surface area (Å²) in [6.45, 7) is 2.54. The van der Waals surface area contributed by atoms with Crippen LogP contribution in [0.15, 0.2) is 68.6 Å². The van der Waals surface area contributed by atoms with E-state index in [0.717, 1.165) is 21.3 Å². The van der Waals surface area contributed by atoms with Gasteiger partial charge in [-0.2, -0.15) is 0 Å². The average molecular weight is 375 g/mol. The van der Waals surface area contributed by atoms with Crippen molar-refractivity contribution in [1.29, 1.82) is 0 Å². The lowest BCUT2D eigenvalue weighted by Crippen LogP contribution is -2.36. The summed E-state index contributed by atoms with van der Waals surface area (Å²) in [4.78, 5) is 25.2. The topological polar surface area (TPSA) is 69.2 Å². The van der Waals surface area contributed by atoms with E-state index in [9.17, 15) is 9.59 Å². The van der Waals surface area contributed by atoms with Crippen molar-refractivity contribution >= 4 is 17.0 Å². The van der Waals surface area contributed by atoms with E-state index in [2.05, 4.69) is 5.32 Å². The van der Waals surface area contributed by atoms with Crippen LogP contribution in [-0.4, -0.2) is 9.13 Å². The standard InChI is InChI=1S/C22H21N3O3/c1-14-9-11-16(12-10-14)17-18-20(26)24(2)22(27)25(3)21(18)28-19(17)23-13-15-7-5-4-6-8-15/h4-12,23H,13H2,1-3H3. The second-order valence-electron chi connectivity index (χ2n) is 6.90. The Morgan fingerprint density at radius 1 is 0.929 bits per heavy atom. The van der Waals surface area contributed by atoms with Gasteiger partial charge in [-0.3, -0.25) is 13.9 Å². The maximum absolute atomic E-state index is 12.9. The molecule has 0 atom stereocenters. The van der Waals surface area contributed by atoms with Crippen LogP contribution >= 0.6 is 0 Å². The summed E-state index contributed by atoms with van der Waals surface area (Å²) in [6.07, 6.45) is 0. The first-order chi connectivity index (χ1) is 13.5. The molecule has 0 aliphatic rings. The van der Waals surface area contributed by atoms with Crippen molar-refractivity contribution in [2.75, 3.05) is 5.32 Å². The molecule has 0 saturated carbocycles. The zero-order chi connectivity index (χ0) is 19.8. The summed E-state index contributed by atoms with van der Waals surface area (Å²) in [5.74, 6) is 0.473. The van der Waals surface area contributed by atoms with Crippen molar-refractivity contribution in [3.8, 4) is 11.1 Å². The van der Waals surface area contributed by atoms with Crippen molar-refractivity contribution in [3.05, 3.63) is 86.6 Å². The van der Waals surface area contributed by atoms with Crippen LogP contribution in [0.1, 0.15) is 11.1 Å². The normalized spacial score (nSPS) is 11.1. The monoisotopic (exact) mass is 375 g/mol. The van der Waals surface area contributed by atoms with Gasteiger partial charge in [-0.25, -0.2) is 4.79 Å². The first kappa shape index (κ1) is 17.9. The summed E-state index contributed by atoms with van der Waals surface area (Å²) in [5.41, 5.74) is 3.20. The van der Waals surface area contributed by atoms with E-state index in [1.54, 1.807) is 7.05 Å². The molecule has 0 aliphatic heterocycles. The van der Waals surface area contributed by atoms with E-state index in [-0.39, 0.29) is 11.3 Å². The van der Waals surface area contributed by atoms with Gasteiger partial charge in [0.15, 0.2) is 0 Å². The number of hydrogen-bond donors (Lipinski definition) is 1. The Bertz CT molecular complexity index is 1260. The Hall–Kier alpha value is -3.54. The van der Waals surface area contributed by atoms with E-state index in [1.807, 2.05) is 61.5 Å². The number of furan rings is 1. The number of aromatic nitrogens is 2. The van der Waals surface area contributed by atoms with Gasteiger partial charge in [-0.1, -0.05) is 60.2 Å². The number of nitrogens with zero attached hydrogens (tertiary/aromatic N) is 2. The lowest BCUT2D eigenvalue weighted by molar-refractivity contribution is 0.573. The summed E-state index contributed by atoms with van der Waals surface area (Å²) < 4.78 is 8.46. The third kappa shape index (κ3) is 2.93. The highest BCUT2D eigenvalue weighted by Gasteiger charge is 2.22. The van der Waals surface area contributed by atoms with Gasteiger partial charge in [0.05, 0.1) is 5.56 Å². The van der Waals surface area contributed by atoms with E-state index < -0.39 is 5.69 Å². The summed E-state index contributed by atoms with van der Waals surface area (Å²) in [5, 5.41) is 3.69. The smallest absolute Gasteiger partial charge is 0.333 e. The van der Waals surface area contributed by atoms with E-state index in [4.69, 9.17) is 4.42 Å². The molecule has 0 unspecified atom stereocenters. The molecular formula is C22H21N3O3. The SMILES string of the molecule is Cc1ccc(-c2c(NCc3ccccc3)oc3c2c(=O)n(C)c(=O)n3C)cc1. The highest BCUT2D eigenvalue weighted by molar-refractivity contribution is 5.98. The Morgan fingerprint density at radius 2 is 1.61 bits per heavy atom. The van der Waals surface area contributed by atoms with E-state index in [0.29, 0.717) is 23.4 Å². The van der Waals surface area contributed by atoms with Crippen LogP contribution in [0.2, 0.25) is 0 Å². The number of anilines is 1. The van der Waals surface area contributed by atoms with Crippen molar-refractivity contribution < 1.29 is 4.42 Å². The fourth-order valence-electron chi connectivity index (χ4n) is 3.32. The first-order valence-electron chi connectivity index (χ1n) is 9.04. The second-order valence-corrected chi connectivity index (χ2v) is 6.90. The number of nitrogens with one attached hydrogen (secondary N) is 1. The van der Waals surface area contributed by atoms with Crippen molar-refractivity contribution in [2.24, 2.45) is 14.1 Å². The van der Waals surface area contributed by atoms with Crippen LogP contribution in [0, 0.1) is 6.92 Å². The van der Waals surface area contributed by atoms with Crippen molar-refractivity contribution in [3.63, 3.8) is 0 Å². The lowest BCUT2D eigenvalue weighted by Gasteiger charge is -2.07. The number of hydrogen-bond acceptors (Lipinski definition) is 4. The minimum atomic E-state index is -0.420. The molecule has 1 N–H and O–H groups in total. The van der Waals surface area contributed by atoms with Gasteiger partial charge in [-0.05, 0) is 18.1 Å². The van der Waals surface area contributed by atoms with Gasteiger partial charge in [-0.15, -0.1) is 0 Å². The van der Waals surface area contributed by atoms with Crippen LogP contribution in [0.4, 0.5) is 5.88 Å². The van der Waals surface area contributed by atoms with Crippen molar-refractivity contribution in [2.45, 2.75) is 13.5 Å². The highest BCUT2D eigenvalue weighted by Crippen LogP contribution is 2.36. The van der Waals surface area contributed by atoms with Crippen LogP contribution in [0.5, 0.6) is 0 Å². The van der Waals surface area contributed by atoms with Gasteiger partial charge in [0.1, 0.15) is 5.39 Å². The summed E-state index contributed by atoms with van der Waals surface area (Å²) in [7, 11) is 3.08. The predicted molar refractivity (Wildman–Crippen MR) is 111 cm³/mol. The Morgan fingerprint density at radius 3 is 2.29 bits per heavy atom. The number of fused-ring (bicyclic) bond motifs is 1. The molecule has 2 aromatic carbocycles. The lowest BCUT2D eigenvalue weighted by atomic mass is 10.0. The highest BCUT2D eigenvalue weighted by atomic mass is 16.4. The van der Waals surface area contributed by atoms with E-state index in [1.165, 1.54) is 11.6 Å². The molecule has 0 amide bonds. The number of aryl methyl sites for hydroxylation is 2. The molecule has 0 bridgehead atoms. The molecular weight excluding hydrogens is 354 g/mol. The summed E-state index contributed by atoms with van der Waals surface area (Å²) in [6, 6.07) is 17.8. The maximum atomic E-state index is 12.9.